The normalized spacial score (nSPS) is 28.2. The molecule has 0 spiro atoms. The molecule has 1 unspecified atom stereocenters. The van der Waals surface area contributed by atoms with E-state index in [9.17, 15) is 9.90 Å². The van der Waals surface area contributed by atoms with E-state index in [-0.39, 0.29) is 24.2 Å². The van der Waals surface area contributed by atoms with Crippen LogP contribution in [0.5, 0.6) is 0 Å². The Kier molecular flexibility index (Phi) is 5.39. The topological polar surface area (TPSA) is 64.6 Å². The highest BCUT2D eigenvalue weighted by Crippen LogP contribution is 2.20. The number of nitrogens with zero attached hydrogens (tertiary/aromatic N) is 1. The molecule has 126 valence electrons. The summed E-state index contributed by atoms with van der Waals surface area (Å²) >= 11 is 0. The summed E-state index contributed by atoms with van der Waals surface area (Å²) in [6.07, 6.45) is 5.25. The zero-order valence-electron chi connectivity index (χ0n) is 13.6. The van der Waals surface area contributed by atoms with E-state index in [0.717, 1.165) is 51.6 Å². The number of para-hydroxylation sites is 1. The minimum atomic E-state index is -0.186. The maximum absolute atomic E-state index is 12.2. The Morgan fingerprint density at radius 2 is 1.70 bits per heavy atom. The van der Waals surface area contributed by atoms with Crippen molar-refractivity contribution in [1.82, 2.24) is 10.6 Å². The van der Waals surface area contributed by atoms with Gasteiger partial charge in [0.25, 0.3) is 0 Å². The van der Waals surface area contributed by atoms with Crippen molar-refractivity contribution < 1.29 is 9.90 Å². The number of benzene rings is 1. The molecule has 5 nitrogen and oxygen atoms in total. The van der Waals surface area contributed by atoms with Gasteiger partial charge in [-0.05, 0) is 50.7 Å². The van der Waals surface area contributed by atoms with Crippen molar-refractivity contribution in [3.05, 3.63) is 30.3 Å². The number of carbonyl (C=O) groups excluding carboxylic acids is 1. The van der Waals surface area contributed by atoms with E-state index in [1.165, 1.54) is 5.69 Å². The number of aliphatic hydroxyl groups excluding tert-OH is 1. The van der Waals surface area contributed by atoms with Gasteiger partial charge < -0.3 is 20.6 Å². The van der Waals surface area contributed by atoms with Crippen LogP contribution in [0.4, 0.5) is 10.5 Å². The second kappa shape index (κ2) is 7.68. The number of carbonyl (C=O) groups is 1. The van der Waals surface area contributed by atoms with Gasteiger partial charge in [-0.1, -0.05) is 18.2 Å². The van der Waals surface area contributed by atoms with Gasteiger partial charge in [0.1, 0.15) is 0 Å². The molecule has 1 saturated heterocycles. The van der Waals surface area contributed by atoms with Crippen LogP contribution in [0.3, 0.4) is 0 Å². The predicted octanol–water partition coefficient (Wildman–Crippen LogP) is 2.26. The van der Waals surface area contributed by atoms with Crippen LogP contribution >= 0.6 is 0 Å². The van der Waals surface area contributed by atoms with Crippen molar-refractivity contribution in [2.75, 3.05) is 18.0 Å². The maximum atomic E-state index is 12.2. The molecule has 3 rings (SSSR count). The summed E-state index contributed by atoms with van der Waals surface area (Å²) in [5.41, 5.74) is 1.22. The van der Waals surface area contributed by atoms with Gasteiger partial charge in [-0.3, -0.25) is 0 Å². The average molecular weight is 317 g/mol. The summed E-state index contributed by atoms with van der Waals surface area (Å²) in [6.45, 7) is 1.91. The summed E-state index contributed by atoms with van der Waals surface area (Å²) in [6, 6.07) is 10.7. The molecule has 0 aromatic heterocycles. The molecule has 1 aromatic carbocycles. The van der Waals surface area contributed by atoms with Crippen molar-refractivity contribution in [2.24, 2.45) is 0 Å². The Bertz CT molecular complexity index is 500. The van der Waals surface area contributed by atoms with Gasteiger partial charge in [0.05, 0.1) is 6.10 Å². The molecule has 5 heteroatoms. The lowest BCUT2D eigenvalue weighted by Gasteiger charge is -2.35. The first-order chi connectivity index (χ1) is 11.2. The van der Waals surface area contributed by atoms with Crippen LogP contribution in [0.1, 0.15) is 38.5 Å². The van der Waals surface area contributed by atoms with Gasteiger partial charge >= 0.3 is 6.03 Å². The second-order valence-electron chi connectivity index (χ2n) is 6.74. The highest BCUT2D eigenvalue weighted by atomic mass is 16.3. The Morgan fingerprint density at radius 3 is 2.43 bits per heavy atom. The van der Waals surface area contributed by atoms with Crippen molar-refractivity contribution >= 4 is 11.7 Å². The quantitative estimate of drug-likeness (QED) is 0.801. The third-order valence-corrected chi connectivity index (χ3v) is 4.91. The number of hydrogen-bond donors (Lipinski definition) is 3. The lowest BCUT2D eigenvalue weighted by molar-refractivity contribution is 0.117. The molecule has 1 atom stereocenters. The van der Waals surface area contributed by atoms with Crippen LogP contribution in [-0.4, -0.2) is 42.4 Å². The molecule has 2 fully saturated rings. The first-order valence-corrected chi connectivity index (χ1v) is 8.76. The number of nitrogens with one attached hydrogen (secondary N) is 2. The SMILES string of the molecule is O=C(NC1CCC(O)CC1)NC1CCCN(c2ccccc2)C1. The number of rotatable bonds is 3. The smallest absolute Gasteiger partial charge is 0.315 e. The summed E-state index contributed by atoms with van der Waals surface area (Å²) in [4.78, 5) is 14.5. The predicted molar refractivity (Wildman–Crippen MR) is 91.6 cm³/mol. The number of anilines is 1. The van der Waals surface area contributed by atoms with Gasteiger partial charge in [0, 0.05) is 30.9 Å². The molecule has 1 aromatic rings. The molecule has 23 heavy (non-hydrogen) atoms. The number of amides is 2. The van der Waals surface area contributed by atoms with Gasteiger partial charge in [-0.2, -0.15) is 0 Å². The summed E-state index contributed by atoms with van der Waals surface area (Å²) in [5.74, 6) is 0. The molecule has 1 aliphatic heterocycles. The molecule has 0 bridgehead atoms. The molecule has 2 aliphatic rings. The third-order valence-electron chi connectivity index (χ3n) is 4.91. The molecule has 3 N–H and O–H groups in total. The van der Waals surface area contributed by atoms with E-state index in [2.05, 4.69) is 39.8 Å². The van der Waals surface area contributed by atoms with Gasteiger partial charge in [-0.15, -0.1) is 0 Å². The number of hydrogen-bond acceptors (Lipinski definition) is 3. The van der Waals surface area contributed by atoms with Gasteiger partial charge in [0.15, 0.2) is 0 Å². The zero-order chi connectivity index (χ0) is 16.1. The van der Waals surface area contributed by atoms with Crippen LogP contribution in [0.25, 0.3) is 0 Å². The average Bonchev–Trinajstić information content (AvgIpc) is 2.58. The van der Waals surface area contributed by atoms with Crippen molar-refractivity contribution in [1.29, 1.82) is 0 Å². The van der Waals surface area contributed by atoms with Crippen molar-refractivity contribution in [2.45, 2.75) is 56.7 Å². The number of urea groups is 1. The van der Waals surface area contributed by atoms with E-state index >= 15 is 0 Å². The minimum Gasteiger partial charge on any atom is -0.393 e. The maximum Gasteiger partial charge on any atom is 0.315 e. The van der Waals surface area contributed by atoms with Gasteiger partial charge in [-0.25, -0.2) is 4.79 Å². The Morgan fingerprint density at radius 1 is 1.00 bits per heavy atom. The molecular formula is C18H27N3O2. The van der Waals surface area contributed by atoms with E-state index in [1.807, 2.05) is 6.07 Å². The van der Waals surface area contributed by atoms with Crippen LogP contribution in [0.2, 0.25) is 0 Å². The summed E-state index contributed by atoms with van der Waals surface area (Å²) in [7, 11) is 0. The first kappa shape index (κ1) is 16.1. The van der Waals surface area contributed by atoms with Crippen LogP contribution in [0.15, 0.2) is 30.3 Å². The van der Waals surface area contributed by atoms with Crippen LogP contribution in [-0.2, 0) is 0 Å². The van der Waals surface area contributed by atoms with E-state index in [1.54, 1.807) is 0 Å². The zero-order valence-corrected chi connectivity index (χ0v) is 13.6. The Balaban J connectivity index is 1.46. The molecule has 1 aliphatic carbocycles. The van der Waals surface area contributed by atoms with Crippen molar-refractivity contribution in [3.63, 3.8) is 0 Å². The molecule has 0 radical (unpaired) electrons. The summed E-state index contributed by atoms with van der Waals surface area (Å²) in [5, 5.41) is 15.7. The first-order valence-electron chi connectivity index (χ1n) is 8.76. The minimum absolute atomic E-state index is 0.0636. The highest BCUT2D eigenvalue weighted by molar-refractivity contribution is 5.74. The van der Waals surface area contributed by atoms with Crippen LogP contribution < -0.4 is 15.5 Å². The third kappa shape index (κ3) is 4.61. The summed E-state index contributed by atoms with van der Waals surface area (Å²) < 4.78 is 0. The standard InChI is InChI=1S/C18H27N3O2/c22-17-10-8-14(9-11-17)19-18(23)20-15-5-4-12-21(13-15)16-6-2-1-3-7-16/h1-3,6-7,14-15,17,22H,4-5,8-13H2,(H2,19,20,23). The molecule has 2 amide bonds. The highest BCUT2D eigenvalue weighted by Gasteiger charge is 2.24. The lowest BCUT2D eigenvalue weighted by Crippen LogP contribution is -2.52. The number of aliphatic hydroxyl groups is 1. The van der Waals surface area contributed by atoms with Gasteiger partial charge in [0.2, 0.25) is 0 Å². The fraction of sp³-hybridized carbons (Fsp3) is 0.611. The fourth-order valence-electron chi connectivity index (χ4n) is 3.60. The fourth-order valence-corrected chi connectivity index (χ4v) is 3.60. The molecule has 1 saturated carbocycles. The molecule has 1 heterocycles. The van der Waals surface area contributed by atoms with Crippen molar-refractivity contribution in [3.8, 4) is 0 Å². The number of piperidine rings is 1. The lowest BCUT2D eigenvalue weighted by atomic mass is 9.93. The largest absolute Gasteiger partial charge is 0.393 e. The Labute approximate surface area is 138 Å². The molecular weight excluding hydrogens is 290 g/mol. The van der Waals surface area contributed by atoms with E-state index in [0.29, 0.717) is 0 Å². The Hall–Kier alpha value is -1.75. The van der Waals surface area contributed by atoms with E-state index in [4.69, 9.17) is 0 Å². The van der Waals surface area contributed by atoms with Crippen LogP contribution in [0, 0.1) is 0 Å². The monoisotopic (exact) mass is 317 g/mol. The van der Waals surface area contributed by atoms with E-state index < -0.39 is 0 Å². The second-order valence-corrected chi connectivity index (χ2v) is 6.74.